The summed E-state index contributed by atoms with van der Waals surface area (Å²) in [7, 11) is 12.7. The molecule has 2 aliphatic rings. The summed E-state index contributed by atoms with van der Waals surface area (Å²) in [6.45, 7) is 21.5. The van der Waals surface area contributed by atoms with Crippen LogP contribution in [-0.2, 0) is 86.4 Å². The molecule has 2 aliphatic heterocycles. The number of likely N-dealkylation sites (N-methyl/N-ethyl adjacent to an activating group) is 8. The molecule has 14 atom stereocenters. The third-order valence-electron chi connectivity index (χ3n) is 23.3. The lowest BCUT2D eigenvalue weighted by atomic mass is 9.82. The van der Waals surface area contributed by atoms with Crippen molar-refractivity contribution in [2.45, 2.75) is 233 Å². The molecule has 2 fully saturated rings. The Bertz CT molecular complexity index is 3740. The van der Waals surface area contributed by atoms with Crippen molar-refractivity contribution < 1.29 is 72.2 Å². The van der Waals surface area contributed by atoms with E-state index in [1.807, 2.05) is 71.9 Å². The normalized spacial score (nSPS) is 23.8. The average molecular weight is 1570 g/mol. The van der Waals surface area contributed by atoms with E-state index in [0.29, 0.717) is 30.6 Å². The highest BCUT2D eigenvalue weighted by Crippen LogP contribution is 2.30. The van der Waals surface area contributed by atoms with Crippen LogP contribution in [0.4, 0.5) is 0 Å². The molecule has 2 saturated heterocycles. The fraction of sp³-hybridized carbons (Fsp3) is 0.632. The fourth-order valence-electron chi connectivity index (χ4n) is 15.3. The van der Waals surface area contributed by atoms with Gasteiger partial charge in [0.05, 0.1) is 36.6 Å². The Balaban J connectivity index is 1.68. The average Bonchev–Trinajstić information content (AvgIpc) is 0.797. The zero-order valence-corrected chi connectivity index (χ0v) is 71.1. The van der Waals surface area contributed by atoms with Gasteiger partial charge in [0.1, 0.15) is 36.3 Å². The van der Waals surface area contributed by atoms with E-state index in [4.69, 9.17) is 0 Å². The summed E-state index contributed by atoms with van der Waals surface area (Å²) in [6, 6.07) is 14.9. The number of nitrogens with zero attached hydrogens (tertiary/aromatic N) is 10. The summed E-state index contributed by atoms with van der Waals surface area (Å²) >= 11 is 0. The number of ketones is 3. The Morgan fingerprint density at radius 3 is 1.47 bits per heavy atom. The maximum absolute atomic E-state index is 15.9. The standard InChI is InChI=1S/C87H131N11O15/c1-22-57(8)65-51-75(102)78(56(6)7)97(21)87(113)71(46-55(4)5)94(18)81(107)60(11)91(15)83(109)66(61(12)99)52-74(101)68(48-62-35-27-23-28-36-62)92(16)76(103)41-44-89(13)77(104)53-67(88-79(105)59(10)90(14)85(111)70(45-54(2)3)95(19)82(65)108)84(110)96(20)72(50-64-39-31-25-32-40-64)86(112)93(17)69(49-63-37-29-24-30-38-63)73(100)47-58(9)80(106)98-42-33-26-34-43-98/h23-25,27-32,35-40,54-61,65-72,78,99H,22,26,33-34,41-53H2,1-21H3,(H,88,105)/t57-,58+,59-,60-,61+,65-,66-,67-,68-,69-,70-,71-,72-,78-/m0/s1. The third kappa shape index (κ3) is 25.6. The van der Waals surface area contributed by atoms with Gasteiger partial charge in [-0.15, -0.1) is 0 Å². The number of carbonyl (C=O) groups is 14. The summed E-state index contributed by atoms with van der Waals surface area (Å²) in [5.74, 6) is -13.3. The number of hydrogen-bond donors (Lipinski definition) is 2. The van der Waals surface area contributed by atoms with Gasteiger partial charge >= 0.3 is 0 Å². The molecule has 0 spiro atoms. The number of carbonyl (C=O) groups excluding carboxylic acids is 14. The molecule has 5 rings (SSSR count). The van der Waals surface area contributed by atoms with Crippen molar-refractivity contribution in [3.8, 4) is 0 Å². The van der Waals surface area contributed by atoms with Gasteiger partial charge in [0.15, 0.2) is 17.3 Å². The van der Waals surface area contributed by atoms with Gasteiger partial charge in [-0.25, -0.2) is 0 Å². The Morgan fingerprint density at radius 2 is 0.973 bits per heavy atom. The maximum Gasteiger partial charge on any atom is 0.246 e. The maximum atomic E-state index is 15.9. The number of nitrogens with one attached hydrogen (secondary N) is 1. The largest absolute Gasteiger partial charge is 0.393 e. The SMILES string of the molecule is CC[C@H](C)[C@@H]1CC(=O)[C@H](C(C)C)N(C)C(=O)[C@H](CC(C)C)N(C)C(=O)[C@H](C)N(C)C(=O)[C@H]([C@@H](C)O)CC(=O)[C@H](Cc2ccccc2)N(C)C(=O)CCN(C)C(=O)C[C@@H](C(=O)N(C)[C@@H](Cc2ccccc2)C(=O)N(C)[C@@H](Cc2ccccc2)C(=O)C[C@@H](C)C(=O)N2CCCCC2)NC(=O)[C@H](C)N(C)C(=O)[C@H](CC(C)C)N(C)C1=O. The molecule has 0 aromatic heterocycles. The van der Waals surface area contributed by atoms with E-state index in [2.05, 4.69) is 5.32 Å². The van der Waals surface area contributed by atoms with E-state index in [1.165, 1.54) is 114 Å². The molecule has 3 aromatic carbocycles. The minimum Gasteiger partial charge on any atom is -0.393 e. The number of hydrogen-bond acceptors (Lipinski definition) is 15. The molecule has 2 heterocycles. The number of piperidine rings is 1. The van der Waals surface area contributed by atoms with Crippen LogP contribution in [-0.4, -0.2) is 280 Å². The van der Waals surface area contributed by atoms with Crippen LogP contribution in [0.25, 0.3) is 0 Å². The quantitative estimate of drug-likeness (QED) is 0.102. The minimum absolute atomic E-state index is 0.0373. The van der Waals surface area contributed by atoms with E-state index in [0.717, 1.165) is 39.5 Å². The number of Topliss-reactive ketones (excluding diaryl/α,β-unsaturated/α-hetero) is 3. The monoisotopic (exact) mass is 1570 g/mol. The van der Waals surface area contributed by atoms with E-state index < -0.39 is 180 Å². The van der Waals surface area contributed by atoms with Crippen molar-refractivity contribution >= 4 is 82.3 Å². The van der Waals surface area contributed by atoms with Crippen LogP contribution in [0.3, 0.4) is 0 Å². The van der Waals surface area contributed by atoms with E-state index >= 15 is 38.4 Å². The summed E-state index contributed by atoms with van der Waals surface area (Å²) in [4.78, 5) is 224. The van der Waals surface area contributed by atoms with Crippen molar-refractivity contribution in [1.82, 2.24) is 54.3 Å². The molecule has 0 saturated carbocycles. The Labute approximate surface area is 671 Å². The minimum atomic E-state index is -1.80. The summed E-state index contributed by atoms with van der Waals surface area (Å²) < 4.78 is 0. The summed E-state index contributed by atoms with van der Waals surface area (Å²) in [6.07, 6.45) is -0.527. The lowest BCUT2D eigenvalue weighted by molar-refractivity contribution is -0.154. The van der Waals surface area contributed by atoms with Crippen LogP contribution in [0.2, 0.25) is 0 Å². The first-order valence-corrected chi connectivity index (χ1v) is 40.4. The van der Waals surface area contributed by atoms with E-state index in [9.17, 15) is 33.9 Å². The molecule has 0 aliphatic carbocycles. The molecule has 26 heteroatoms. The first-order valence-electron chi connectivity index (χ1n) is 40.4. The predicted octanol–water partition coefficient (Wildman–Crippen LogP) is 7.04. The van der Waals surface area contributed by atoms with Crippen molar-refractivity contribution in [3.63, 3.8) is 0 Å². The topological polar surface area (TPSA) is 304 Å². The number of aliphatic hydroxyl groups is 1. The fourth-order valence-corrected chi connectivity index (χ4v) is 15.3. The Hall–Kier alpha value is -9.20. The van der Waals surface area contributed by atoms with Gasteiger partial charge in [-0.05, 0) is 106 Å². The van der Waals surface area contributed by atoms with Gasteiger partial charge in [-0.1, -0.05) is 160 Å². The number of amides is 11. The number of aliphatic hydroxyl groups excluding tert-OH is 1. The van der Waals surface area contributed by atoms with Crippen molar-refractivity contribution in [1.29, 1.82) is 0 Å². The smallest absolute Gasteiger partial charge is 0.246 e. The number of rotatable bonds is 22. The van der Waals surface area contributed by atoms with Crippen LogP contribution < -0.4 is 5.32 Å². The van der Waals surface area contributed by atoms with Crippen LogP contribution in [0.15, 0.2) is 91.0 Å². The van der Waals surface area contributed by atoms with E-state index in [1.54, 1.807) is 86.3 Å². The van der Waals surface area contributed by atoms with Gasteiger partial charge in [0.2, 0.25) is 65.0 Å². The van der Waals surface area contributed by atoms with Crippen LogP contribution in [0, 0.1) is 41.4 Å². The molecule has 11 amide bonds. The molecular weight excluding hydrogens is 1440 g/mol. The predicted molar refractivity (Wildman–Crippen MR) is 433 cm³/mol. The second-order valence-electron chi connectivity index (χ2n) is 33.1. The van der Waals surface area contributed by atoms with Gasteiger partial charge in [-0.2, -0.15) is 0 Å². The molecule has 0 unspecified atom stereocenters. The zero-order valence-electron chi connectivity index (χ0n) is 71.1. The van der Waals surface area contributed by atoms with Crippen molar-refractivity contribution in [2.75, 3.05) is 83.1 Å². The van der Waals surface area contributed by atoms with Gasteiger partial charge in [0.25, 0.3) is 0 Å². The summed E-state index contributed by atoms with van der Waals surface area (Å²) in [5, 5.41) is 14.2. The van der Waals surface area contributed by atoms with Crippen LogP contribution in [0.5, 0.6) is 0 Å². The molecule has 3 aromatic rings. The van der Waals surface area contributed by atoms with Gasteiger partial charge in [-0.3, -0.25) is 67.1 Å². The highest BCUT2D eigenvalue weighted by atomic mass is 16.3. The molecule has 26 nitrogen and oxygen atoms in total. The molecule has 113 heavy (non-hydrogen) atoms. The second-order valence-corrected chi connectivity index (χ2v) is 33.1. The van der Waals surface area contributed by atoms with E-state index in [-0.39, 0.29) is 75.0 Å². The number of likely N-dealkylation sites (tertiary alicyclic amines) is 1. The van der Waals surface area contributed by atoms with Gasteiger partial charge in [0, 0.05) is 127 Å². The molecule has 2 N–H and O–H groups in total. The lowest BCUT2D eigenvalue weighted by Gasteiger charge is -2.39. The lowest BCUT2D eigenvalue weighted by Crippen LogP contribution is -2.60. The third-order valence-corrected chi connectivity index (χ3v) is 23.3. The highest BCUT2D eigenvalue weighted by Gasteiger charge is 2.46. The Morgan fingerprint density at radius 1 is 0.504 bits per heavy atom. The molecular formula is C87H131N11O15. The van der Waals surface area contributed by atoms with Crippen molar-refractivity contribution in [3.05, 3.63) is 108 Å². The molecule has 0 bridgehead atoms. The second kappa shape index (κ2) is 43.9. The Kier molecular flexibility index (Phi) is 36.7. The zero-order chi connectivity index (χ0) is 84.7. The van der Waals surface area contributed by atoms with Gasteiger partial charge < -0.3 is 59.4 Å². The first kappa shape index (κ1) is 94.4. The molecule has 624 valence electrons. The highest BCUT2D eigenvalue weighted by molar-refractivity contribution is 6.01. The van der Waals surface area contributed by atoms with Crippen LogP contribution >= 0.6 is 0 Å². The summed E-state index contributed by atoms with van der Waals surface area (Å²) in [5.41, 5.74) is 1.97. The first-order chi connectivity index (χ1) is 53.1. The van der Waals surface area contributed by atoms with Crippen molar-refractivity contribution in [2.24, 2.45) is 41.4 Å². The number of benzene rings is 3. The molecule has 0 radical (unpaired) electrons. The van der Waals surface area contributed by atoms with Crippen LogP contribution in [0.1, 0.15) is 170 Å².